The number of carbonyl (C=O) groups is 1. The van der Waals surface area contributed by atoms with Gasteiger partial charge in [0.05, 0.1) is 17.9 Å². The molecule has 1 aromatic heterocycles. The van der Waals surface area contributed by atoms with Crippen molar-refractivity contribution in [2.75, 3.05) is 6.61 Å². The number of hydrogen-bond acceptors (Lipinski definition) is 8. The van der Waals surface area contributed by atoms with E-state index in [0.29, 0.717) is 5.69 Å². The molecule has 3 rings (SSSR count). The summed E-state index contributed by atoms with van der Waals surface area (Å²) in [6.45, 7) is 1.92. The van der Waals surface area contributed by atoms with Crippen LogP contribution in [0.4, 0.5) is 0 Å². The van der Waals surface area contributed by atoms with E-state index >= 15 is 0 Å². The van der Waals surface area contributed by atoms with E-state index in [2.05, 4.69) is 15.5 Å². The fourth-order valence-corrected chi connectivity index (χ4v) is 3.03. The Balaban J connectivity index is 1.81. The van der Waals surface area contributed by atoms with Gasteiger partial charge in [0.1, 0.15) is 17.0 Å². The third kappa shape index (κ3) is 3.86. The topological polar surface area (TPSA) is 113 Å². The van der Waals surface area contributed by atoms with Gasteiger partial charge in [-0.1, -0.05) is 6.07 Å². The summed E-state index contributed by atoms with van der Waals surface area (Å²) >= 11 is 0. The van der Waals surface area contributed by atoms with Crippen LogP contribution in [-0.4, -0.2) is 41.2 Å². The first-order valence-corrected chi connectivity index (χ1v) is 8.95. The number of benzene rings is 2. The molecule has 0 N–H and O–H groups in total. The van der Waals surface area contributed by atoms with Gasteiger partial charge in [0.15, 0.2) is 0 Å². The van der Waals surface area contributed by atoms with Crippen LogP contribution in [0.2, 0.25) is 0 Å². The average Bonchev–Trinajstić information content (AvgIpc) is 3.17. The maximum atomic E-state index is 12.4. The van der Waals surface area contributed by atoms with Gasteiger partial charge in [0.2, 0.25) is 0 Å². The Kier molecular flexibility index (Phi) is 4.94. The largest absolute Gasteiger partial charge is 0.462 e. The Hall–Kier alpha value is -3.27. The van der Waals surface area contributed by atoms with Crippen LogP contribution in [0.25, 0.3) is 5.69 Å². The molecule has 134 valence electrons. The van der Waals surface area contributed by atoms with Crippen LogP contribution in [0.3, 0.4) is 0 Å². The van der Waals surface area contributed by atoms with E-state index in [1.807, 2.05) is 0 Å². The lowest BCUT2D eigenvalue weighted by atomic mass is 10.2. The number of esters is 1. The molecule has 26 heavy (non-hydrogen) atoms. The van der Waals surface area contributed by atoms with Gasteiger partial charge in [-0.2, -0.15) is 8.42 Å². The van der Waals surface area contributed by atoms with Crippen molar-refractivity contribution in [2.45, 2.75) is 11.8 Å². The van der Waals surface area contributed by atoms with Crippen LogP contribution in [0, 0.1) is 0 Å². The van der Waals surface area contributed by atoms with Gasteiger partial charge in [-0.25, -0.2) is 9.48 Å². The van der Waals surface area contributed by atoms with E-state index < -0.39 is 16.1 Å². The second-order valence-electron chi connectivity index (χ2n) is 5.03. The van der Waals surface area contributed by atoms with Crippen molar-refractivity contribution in [3.63, 3.8) is 0 Å². The molecule has 0 aliphatic carbocycles. The van der Waals surface area contributed by atoms with Crippen molar-refractivity contribution in [3.8, 4) is 11.4 Å². The van der Waals surface area contributed by atoms with Crippen LogP contribution in [0.1, 0.15) is 17.3 Å². The summed E-state index contributed by atoms with van der Waals surface area (Å²) in [5.41, 5.74) is 0.798. The fraction of sp³-hybridized carbons (Fsp3) is 0.125. The van der Waals surface area contributed by atoms with Gasteiger partial charge in [-0.15, -0.1) is 5.10 Å². The molecule has 0 aliphatic heterocycles. The Labute approximate surface area is 149 Å². The van der Waals surface area contributed by atoms with Gasteiger partial charge in [0, 0.05) is 6.07 Å². The highest BCUT2D eigenvalue weighted by atomic mass is 32.2. The van der Waals surface area contributed by atoms with Crippen LogP contribution in [0.5, 0.6) is 5.75 Å². The number of rotatable bonds is 6. The Morgan fingerprint density at radius 3 is 2.58 bits per heavy atom. The van der Waals surface area contributed by atoms with Gasteiger partial charge >= 0.3 is 16.1 Å². The number of aromatic nitrogens is 4. The maximum Gasteiger partial charge on any atom is 0.339 e. The molecule has 0 bridgehead atoms. The molecule has 2 aromatic carbocycles. The zero-order valence-corrected chi connectivity index (χ0v) is 14.5. The molecule has 0 aliphatic rings. The highest BCUT2D eigenvalue weighted by Gasteiger charge is 2.18. The number of carbonyl (C=O) groups excluding carboxylic acids is 1. The van der Waals surface area contributed by atoms with Gasteiger partial charge < -0.3 is 8.92 Å². The van der Waals surface area contributed by atoms with Crippen molar-refractivity contribution in [3.05, 3.63) is 60.4 Å². The first kappa shape index (κ1) is 17.5. The van der Waals surface area contributed by atoms with E-state index in [4.69, 9.17) is 8.92 Å². The lowest BCUT2D eigenvalue weighted by Gasteiger charge is -2.09. The summed E-state index contributed by atoms with van der Waals surface area (Å²) in [4.78, 5) is 11.5. The SMILES string of the molecule is CCOC(=O)c1ccc(S(=O)(=O)Oc2cccc(-n3cnnn3)c2)cc1. The van der Waals surface area contributed by atoms with Crippen LogP contribution in [0.15, 0.2) is 59.8 Å². The molecule has 1 heterocycles. The summed E-state index contributed by atoms with van der Waals surface area (Å²) in [6.07, 6.45) is 1.38. The lowest BCUT2D eigenvalue weighted by molar-refractivity contribution is 0.0526. The van der Waals surface area contributed by atoms with Gasteiger partial charge in [0.25, 0.3) is 0 Å². The highest BCUT2D eigenvalue weighted by Crippen LogP contribution is 2.21. The van der Waals surface area contributed by atoms with Crippen molar-refractivity contribution >= 4 is 16.1 Å². The van der Waals surface area contributed by atoms with Gasteiger partial charge in [-0.05, 0) is 53.7 Å². The minimum Gasteiger partial charge on any atom is -0.462 e. The molecule has 0 saturated carbocycles. The van der Waals surface area contributed by atoms with Crippen molar-refractivity contribution in [2.24, 2.45) is 0 Å². The average molecular weight is 374 g/mol. The maximum absolute atomic E-state index is 12.4. The third-order valence-electron chi connectivity index (χ3n) is 3.29. The molecule has 0 atom stereocenters. The number of tetrazole rings is 1. The van der Waals surface area contributed by atoms with E-state index in [1.165, 1.54) is 47.4 Å². The summed E-state index contributed by atoms with van der Waals surface area (Å²) in [5, 5.41) is 10.8. The number of nitrogens with zero attached hydrogens (tertiary/aromatic N) is 4. The minimum absolute atomic E-state index is 0.0848. The predicted octanol–water partition coefficient (Wildman–Crippen LogP) is 1.61. The third-order valence-corrected chi connectivity index (χ3v) is 4.55. The summed E-state index contributed by atoms with van der Waals surface area (Å²) in [6, 6.07) is 11.6. The zero-order chi connectivity index (χ0) is 18.6. The minimum atomic E-state index is -4.07. The highest BCUT2D eigenvalue weighted by molar-refractivity contribution is 7.87. The molecule has 9 nitrogen and oxygen atoms in total. The van der Waals surface area contributed by atoms with E-state index in [0.717, 1.165) is 0 Å². The first-order chi connectivity index (χ1) is 12.5. The quantitative estimate of drug-likeness (QED) is 0.472. The van der Waals surface area contributed by atoms with Crippen LogP contribution >= 0.6 is 0 Å². The number of ether oxygens (including phenoxy) is 1. The van der Waals surface area contributed by atoms with Crippen LogP contribution in [-0.2, 0) is 14.9 Å². The Bertz CT molecular complexity index is 1000. The second-order valence-corrected chi connectivity index (χ2v) is 6.58. The van der Waals surface area contributed by atoms with Crippen molar-refractivity contribution in [1.29, 1.82) is 0 Å². The lowest BCUT2D eigenvalue weighted by Crippen LogP contribution is -2.11. The van der Waals surface area contributed by atoms with E-state index in [9.17, 15) is 13.2 Å². The van der Waals surface area contributed by atoms with Gasteiger partial charge in [-0.3, -0.25) is 0 Å². The summed E-state index contributed by atoms with van der Waals surface area (Å²) in [7, 11) is -4.07. The zero-order valence-electron chi connectivity index (χ0n) is 13.6. The molecule has 0 amide bonds. The summed E-state index contributed by atoms with van der Waals surface area (Å²) in [5.74, 6) is -0.418. The summed E-state index contributed by atoms with van der Waals surface area (Å²) < 4.78 is 36.2. The Morgan fingerprint density at radius 2 is 1.92 bits per heavy atom. The fourth-order valence-electron chi connectivity index (χ4n) is 2.10. The molecule has 0 saturated heterocycles. The van der Waals surface area contributed by atoms with E-state index in [1.54, 1.807) is 19.1 Å². The molecule has 10 heteroatoms. The monoisotopic (exact) mass is 374 g/mol. The normalized spacial score (nSPS) is 11.1. The number of hydrogen-bond donors (Lipinski definition) is 0. The van der Waals surface area contributed by atoms with E-state index in [-0.39, 0.29) is 22.8 Å². The smallest absolute Gasteiger partial charge is 0.339 e. The standard InChI is InChI=1S/C16H14N4O5S/c1-2-24-16(21)12-6-8-15(9-7-12)26(22,23)25-14-5-3-4-13(10-14)20-11-17-18-19-20/h3-11H,2H2,1H3. The molecule has 0 radical (unpaired) electrons. The van der Waals surface area contributed by atoms with Crippen molar-refractivity contribution < 1.29 is 22.1 Å². The molecule has 0 spiro atoms. The van der Waals surface area contributed by atoms with Crippen LogP contribution < -0.4 is 4.18 Å². The molecule has 3 aromatic rings. The second kappa shape index (κ2) is 7.31. The molecule has 0 unspecified atom stereocenters. The molecule has 0 fully saturated rings. The Morgan fingerprint density at radius 1 is 1.15 bits per heavy atom. The predicted molar refractivity (Wildman–Crippen MR) is 89.4 cm³/mol. The van der Waals surface area contributed by atoms with Crippen molar-refractivity contribution in [1.82, 2.24) is 20.2 Å². The molecular formula is C16H14N4O5S. The first-order valence-electron chi connectivity index (χ1n) is 7.55. The molecular weight excluding hydrogens is 360 g/mol.